The monoisotopic (exact) mass is 500 g/mol. The van der Waals surface area contributed by atoms with Crippen molar-refractivity contribution in [1.29, 1.82) is 0 Å². The number of aromatic nitrogens is 1. The molecule has 0 saturated heterocycles. The van der Waals surface area contributed by atoms with Crippen molar-refractivity contribution in [3.8, 4) is 11.4 Å². The first kappa shape index (κ1) is 22.5. The Morgan fingerprint density at radius 3 is 2.53 bits per heavy atom. The van der Waals surface area contributed by atoms with Gasteiger partial charge in [0, 0.05) is 45.9 Å². The highest BCUT2D eigenvalue weighted by Crippen LogP contribution is 2.37. The van der Waals surface area contributed by atoms with Crippen LogP contribution >= 0.6 is 15.9 Å². The van der Waals surface area contributed by atoms with E-state index in [4.69, 9.17) is 14.2 Å². The number of nitrogens with zero attached hydrogens (tertiary/aromatic N) is 2. The Labute approximate surface area is 194 Å². The average Bonchev–Trinajstić information content (AvgIpc) is 3.12. The SMILES string of the molecule is CCOCCOCCOc1ccc(-n2c3c(c4cc(Br)ccc42)C=C([N+](=O)[O-])CC3)cc1. The molecule has 1 aliphatic carbocycles. The first-order valence-corrected chi connectivity index (χ1v) is 11.4. The number of hydrogen-bond donors (Lipinski definition) is 0. The van der Waals surface area contributed by atoms with Gasteiger partial charge >= 0.3 is 0 Å². The fourth-order valence-corrected chi connectivity index (χ4v) is 4.31. The van der Waals surface area contributed by atoms with E-state index in [9.17, 15) is 10.1 Å². The first-order chi connectivity index (χ1) is 15.6. The van der Waals surface area contributed by atoms with Crippen molar-refractivity contribution in [2.24, 2.45) is 0 Å². The Balaban J connectivity index is 1.55. The maximum absolute atomic E-state index is 11.3. The van der Waals surface area contributed by atoms with Crippen molar-refractivity contribution >= 4 is 32.9 Å². The van der Waals surface area contributed by atoms with E-state index in [1.165, 1.54) is 0 Å². The van der Waals surface area contributed by atoms with E-state index in [0.717, 1.165) is 38.1 Å². The molecule has 7 nitrogen and oxygen atoms in total. The number of halogens is 1. The summed E-state index contributed by atoms with van der Waals surface area (Å²) in [6, 6.07) is 14.0. The molecule has 0 bridgehead atoms. The molecule has 1 aliphatic rings. The highest BCUT2D eigenvalue weighted by molar-refractivity contribution is 9.10. The fraction of sp³-hybridized carbons (Fsp3) is 0.333. The third-order valence-corrected chi connectivity index (χ3v) is 5.89. The van der Waals surface area contributed by atoms with Crippen LogP contribution in [0.3, 0.4) is 0 Å². The summed E-state index contributed by atoms with van der Waals surface area (Å²) >= 11 is 3.53. The normalized spacial score (nSPS) is 13.1. The van der Waals surface area contributed by atoms with E-state index < -0.39 is 0 Å². The van der Waals surface area contributed by atoms with Crippen molar-refractivity contribution in [1.82, 2.24) is 4.57 Å². The number of benzene rings is 2. The van der Waals surface area contributed by atoms with E-state index in [-0.39, 0.29) is 10.6 Å². The van der Waals surface area contributed by atoms with Crippen molar-refractivity contribution in [2.75, 3.05) is 33.0 Å². The summed E-state index contributed by atoms with van der Waals surface area (Å²) in [4.78, 5) is 11.1. The number of ether oxygens (including phenoxy) is 3. The van der Waals surface area contributed by atoms with Gasteiger partial charge in [0.15, 0.2) is 0 Å². The number of fused-ring (bicyclic) bond motifs is 3. The molecule has 32 heavy (non-hydrogen) atoms. The summed E-state index contributed by atoms with van der Waals surface area (Å²) in [5.74, 6) is 0.769. The van der Waals surface area contributed by atoms with Gasteiger partial charge in [0.2, 0.25) is 5.70 Å². The van der Waals surface area contributed by atoms with Crippen LogP contribution in [0.5, 0.6) is 5.75 Å². The summed E-state index contributed by atoms with van der Waals surface area (Å²) in [5, 5.41) is 12.3. The molecule has 2 aromatic carbocycles. The second-order valence-electron chi connectivity index (χ2n) is 7.40. The largest absolute Gasteiger partial charge is 0.491 e. The van der Waals surface area contributed by atoms with Gasteiger partial charge in [-0.2, -0.15) is 0 Å². The van der Waals surface area contributed by atoms with Crippen LogP contribution in [0.2, 0.25) is 0 Å². The molecule has 168 valence electrons. The van der Waals surface area contributed by atoms with Gasteiger partial charge in [0.25, 0.3) is 0 Å². The van der Waals surface area contributed by atoms with Gasteiger partial charge in [-0.15, -0.1) is 0 Å². The van der Waals surface area contributed by atoms with Crippen LogP contribution in [0.25, 0.3) is 22.7 Å². The molecule has 0 amide bonds. The Bertz CT molecular complexity index is 1140. The van der Waals surface area contributed by atoms with Crippen molar-refractivity contribution in [3.63, 3.8) is 0 Å². The number of nitro groups is 1. The molecular weight excluding hydrogens is 476 g/mol. The smallest absolute Gasteiger partial charge is 0.247 e. The number of hydrogen-bond acceptors (Lipinski definition) is 5. The molecule has 1 aromatic heterocycles. The quantitative estimate of drug-likeness (QED) is 0.212. The van der Waals surface area contributed by atoms with Crippen LogP contribution in [0.4, 0.5) is 0 Å². The summed E-state index contributed by atoms with van der Waals surface area (Å²) in [6.45, 7) is 4.77. The molecule has 0 N–H and O–H groups in total. The summed E-state index contributed by atoms with van der Waals surface area (Å²) in [5.41, 5.74) is 4.28. The molecule has 4 rings (SSSR count). The van der Waals surface area contributed by atoms with Crippen LogP contribution in [0.1, 0.15) is 24.6 Å². The van der Waals surface area contributed by atoms with Gasteiger partial charge in [-0.25, -0.2) is 0 Å². The minimum atomic E-state index is -0.281. The average molecular weight is 501 g/mol. The molecule has 0 unspecified atom stereocenters. The highest BCUT2D eigenvalue weighted by Gasteiger charge is 2.25. The van der Waals surface area contributed by atoms with Gasteiger partial charge < -0.3 is 18.8 Å². The number of rotatable bonds is 10. The van der Waals surface area contributed by atoms with Crippen LogP contribution in [0, 0.1) is 10.1 Å². The third-order valence-electron chi connectivity index (χ3n) is 5.40. The first-order valence-electron chi connectivity index (χ1n) is 10.6. The number of allylic oxidation sites excluding steroid dienone is 1. The van der Waals surface area contributed by atoms with E-state index in [1.807, 2.05) is 49.4 Å². The summed E-state index contributed by atoms with van der Waals surface area (Å²) in [7, 11) is 0. The molecular formula is C24H25BrN2O5. The van der Waals surface area contributed by atoms with E-state index in [2.05, 4.69) is 20.5 Å². The minimum Gasteiger partial charge on any atom is -0.491 e. The Morgan fingerprint density at radius 2 is 1.78 bits per heavy atom. The third kappa shape index (κ3) is 4.87. The Kier molecular flexibility index (Phi) is 7.24. The van der Waals surface area contributed by atoms with Crippen molar-refractivity contribution < 1.29 is 19.1 Å². The lowest BCUT2D eigenvalue weighted by atomic mass is 10.00. The minimum absolute atomic E-state index is 0.253. The van der Waals surface area contributed by atoms with Crippen LogP contribution in [-0.4, -0.2) is 42.5 Å². The lowest BCUT2D eigenvalue weighted by Gasteiger charge is -2.14. The van der Waals surface area contributed by atoms with Gasteiger partial charge in [0.1, 0.15) is 12.4 Å². The van der Waals surface area contributed by atoms with Gasteiger partial charge in [-0.1, -0.05) is 15.9 Å². The van der Waals surface area contributed by atoms with Crippen LogP contribution < -0.4 is 4.74 Å². The van der Waals surface area contributed by atoms with Gasteiger partial charge in [-0.3, -0.25) is 10.1 Å². The molecule has 1 heterocycles. The predicted octanol–water partition coefficient (Wildman–Crippen LogP) is 5.39. The summed E-state index contributed by atoms with van der Waals surface area (Å²) < 4.78 is 19.6. The van der Waals surface area contributed by atoms with E-state index in [0.29, 0.717) is 45.9 Å². The molecule has 0 aliphatic heterocycles. The Hall–Kier alpha value is -2.68. The molecule has 0 fully saturated rings. The van der Waals surface area contributed by atoms with Crippen LogP contribution in [0.15, 0.2) is 52.6 Å². The predicted molar refractivity (Wildman–Crippen MR) is 127 cm³/mol. The topological polar surface area (TPSA) is 75.8 Å². The zero-order chi connectivity index (χ0) is 22.5. The summed E-state index contributed by atoms with van der Waals surface area (Å²) in [6.07, 6.45) is 2.75. The lowest BCUT2D eigenvalue weighted by Crippen LogP contribution is -2.11. The zero-order valence-corrected chi connectivity index (χ0v) is 19.5. The molecule has 8 heteroatoms. The van der Waals surface area contributed by atoms with Crippen molar-refractivity contribution in [3.05, 3.63) is 74.0 Å². The molecule has 3 aromatic rings. The second kappa shape index (κ2) is 10.3. The lowest BCUT2D eigenvalue weighted by molar-refractivity contribution is -0.426. The maximum Gasteiger partial charge on any atom is 0.247 e. The van der Waals surface area contributed by atoms with E-state index >= 15 is 0 Å². The molecule has 0 atom stereocenters. The van der Waals surface area contributed by atoms with Crippen LogP contribution in [-0.2, 0) is 15.9 Å². The molecule has 0 spiro atoms. The second-order valence-corrected chi connectivity index (χ2v) is 8.32. The zero-order valence-electron chi connectivity index (χ0n) is 17.9. The molecule has 0 saturated carbocycles. The highest BCUT2D eigenvalue weighted by atomic mass is 79.9. The Morgan fingerprint density at radius 1 is 1.03 bits per heavy atom. The standard InChI is InChI=1S/C24H25BrN2O5/c1-2-30-11-12-31-13-14-32-20-7-4-18(5-8-20)26-23-9-3-17(25)15-21(23)22-16-19(27(28)29)6-10-24(22)26/h3-5,7-9,15-16H,2,6,10-14H2,1H3. The fourth-order valence-electron chi connectivity index (χ4n) is 3.95. The molecule has 0 radical (unpaired) electrons. The van der Waals surface area contributed by atoms with Gasteiger partial charge in [0.05, 0.1) is 30.3 Å². The van der Waals surface area contributed by atoms with E-state index in [1.54, 1.807) is 6.08 Å². The maximum atomic E-state index is 11.3. The van der Waals surface area contributed by atoms with Crippen molar-refractivity contribution in [2.45, 2.75) is 19.8 Å². The van der Waals surface area contributed by atoms with Gasteiger partial charge in [-0.05, 0) is 55.8 Å².